The third-order valence-electron chi connectivity index (χ3n) is 5.33. The predicted octanol–water partition coefficient (Wildman–Crippen LogP) is 5.05. The first kappa shape index (κ1) is 21.5. The molecule has 32 heavy (non-hydrogen) atoms. The molecule has 4 aromatic rings. The monoisotopic (exact) mass is 483 g/mol. The molecule has 0 atom stereocenters. The first-order chi connectivity index (χ1) is 15.5. The van der Waals surface area contributed by atoms with E-state index in [1.807, 2.05) is 66.9 Å². The minimum absolute atomic E-state index is 0.122. The van der Waals surface area contributed by atoms with Crippen LogP contribution in [0, 0.1) is 17.8 Å². The number of thioether (sulfide) groups is 1. The molecule has 0 aliphatic carbocycles. The maximum Gasteiger partial charge on any atom is 0.278 e. The highest BCUT2D eigenvalue weighted by Gasteiger charge is 2.22. The van der Waals surface area contributed by atoms with Crippen LogP contribution < -0.4 is 5.56 Å². The van der Waals surface area contributed by atoms with Gasteiger partial charge in [-0.15, -0.1) is 0 Å². The van der Waals surface area contributed by atoms with E-state index in [0.29, 0.717) is 38.4 Å². The van der Waals surface area contributed by atoms with Crippen molar-refractivity contribution in [2.45, 2.75) is 25.3 Å². The van der Waals surface area contributed by atoms with Crippen LogP contribution in [0.25, 0.3) is 21.7 Å². The number of benzene rings is 2. The predicted molar refractivity (Wildman–Crippen MR) is 131 cm³/mol. The van der Waals surface area contributed by atoms with Crippen LogP contribution in [0.2, 0.25) is 0 Å². The Morgan fingerprint density at radius 3 is 2.25 bits per heavy atom. The highest BCUT2D eigenvalue weighted by molar-refractivity contribution is 7.99. The van der Waals surface area contributed by atoms with Gasteiger partial charge in [0, 0.05) is 0 Å². The number of ether oxygens (including phenoxy) is 2. The van der Waals surface area contributed by atoms with E-state index < -0.39 is 0 Å². The zero-order chi connectivity index (χ0) is 22.2. The largest absolute Gasteiger partial charge is 0.349 e. The second-order valence-corrected chi connectivity index (χ2v) is 10.1. The number of thiazole rings is 1. The van der Waals surface area contributed by atoms with E-state index in [1.54, 1.807) is 4.57 Å². The molecule has 0 spiro atoms. The van der Waals surface area contributed by atoms with Gasteiger partial charge in [0.25, 0.3) is 5.56 Å². The van der Waals surface area contributed by atoms with Gasteiger partial charge in [0.15, 0.2) is 21.0 Å². The second kappa shape index (κ2) is 8.92. The molecule has 164 valence electrons. The van der Waals surface area contributed by atoms with Crippen LogP contribution in [-0.2, 0) is 9.47 Å². The smallest absolute Gasteiger partial charge is 0.278 e. The number of fused-ring (bicyclic) bond motifs is 1. The number of para-hydroxylation sites is 2. The summed E-state index contributed by atoms with van der Waals surface area (Å²) in [6.07, 6.45) is -0.307. The molecule has 2 aromatic carbocycles. The van der Waals surface area contributed by atoms with Crippen molar-refractivity contribution >= 4 is 45.7 Å². The van der Waals surface area contributed by atoms with Crippen molar-refractivity contribution in [3.8, 4) is 11.4 Å². The minimum Gasteiger partial charge on any atom is -0.349 e. The van der Waals surface area contributed by atoms with E-state index in [9.17, 15) is 4.79 Å². The van der Waals surface area contributed by atoms with Crippen LogP contribution in [0.15, 0.2) is 58.5 Å². The quantitative estimate of drug-likeness (QED) is 0.225. The normalized spacial score (nSPS) is 14.4. The summed E-state index contributed by atoms with van der Waals surface area (Å²) >= 11 is 8.43. The first-order valence-electron chi connectivity index (χ1n) is 10.2. The number of hydrogen-bond donors (Lipinski definition) is 0. The van der Waals surface area contributed by atoms with Crippen molar-refractivity contribution in [1.82, 2.24) is 14.1 Å². The van der Waals surface area contributed by atoms with Crippen LogP contribution in [-0.4, -0.2) is 39.4 Å². The summed E-state index contributed by atoms with van der Waals surface area (Å²) in [7, 11) is 0. The molecule has 0 bridgehead atoms. The fraction of sp³-hybridized carbons (Fsp3) is 0.261. The van der Waals surface area contributed by atoms with Gasteiger partial charge < -0.3 is 9.47 Å². The second-order valence-electron chi connectivity index (χ2n) is 7.45. The average Bonchev–Trinajstić information content (AvgIpc) is 3.41. The first-order valence-corrected chi connectivity index (χ1v) is 12.4. The third kappa shape index (κ3) is 3.84. The highest BCUT2D eigenvalue weighted by atomic mass is 32.2. The number of rotatable bonds is 5. The third-order valence-corrected chi connectivity index (χ3v) is 7.65. The minimum atomic E-state index is -0.307. The van der Waals surface area contributed by atoms with E-state index in [4.69, 9.17) is 26.7 Å². The molecular weight excluding hydrogens is 462 g/mol. The van der Waals surface area contributed by atoms with Crippen LogP contribution in [0.4, 0.5) is 0 Å². The Labute approximate surface area is 198 Å². The molecule has 9 heteroatoms. The lowest BCUT2D eigenvalue weighted by atomic mass is 10.2. The van der Waals surface area contributed by atoms with Crippen LogP contribution in [0.1, 0.15) is 11.1 Å². The van der Waals surface area contributed by atoms with Gasteiger partial charge in [-0.3, -0.25) is 13.9 Å². The molecule has 6 nitrogen and oxygen atoms in total. The molecule has 0 saturated carbocycles. The van der Waals surface area contributed by atoms with Gasteiger partial charge in [-0.05, 0) is 49.3 Å². The van der Waals surface area contributed by atoms with Crippen molar-refractivity contribution in [2.75, 3.05) is 19.0 Å². The van der Waals surface area contributed by atoms with Gasteiger partial charge in [0.05, 0.1) is 30.3 Å². The van der Waals surface area contributed by atoms with Gasteiger partial charge in [-0.2, -0.15) is 0 Å². The van der Waals surface area contributed by atoms with Crippen molar-refractivity contribution in [1.29, 1.82) is 0 Å². The Morgan fingerprint density at radius 1 is 1.03 bits per heavy atom. The molecule has 0 N–H and O–H groups in total. The summed E-state index contributed by atoms with van der Waals surface area (Å²) < 4.78 is 15.9. The molecule has 1 fully saturated rings. The molecule has 1 aliphatic rings. The highest BCUT2D eigenvalue weighted by Crippen LogP contribution is 2.29. The molecular formula is C23H21N3O3S3. The van der Waals surface area contributed by atoms with Gasteiger partial charge in [0.2, 0.25) is 0 Å². The number of hydrogen-bond acceptors (Lipinski definition) is 7. The van der Waals surface area contributed by atoms with Gasteiger partial charge >= 0.3 is 0 Å². The van der Waals surface area contributed by atoms with E-state index in [1.165, 1.54) is 23.1 Å². The lowest BCUT2D eigenvalue weighted by Gasteiger charge is -2.16. The topological polar surface area (TPSA) is 58.3 Å². The van der Waals surface area contributed by atoms with E-state index in [-0.39, 0.29) is 11.8 Å². The van der Waals surface area contributed by atoms with Crippen molar-refractivity contribution in [3.05, 3.63) is 74.0 Å². The lowest BCUT2D eigenvalue weighted by Crippen LogP contribution is -2.23. The Hall–Kier alpha value is -2.30. The summed E-state index contributed by atoms with van der Waals surface area (Å²) in [5, 5.41) is 0.589. The fourth-order valence-corrected chi connectivity index (χ4v) is 5.96. The molecule has 0 radical (unpaired) electrons. The molecule has 0 amide bonds. The molecule has 1 aliphatic heterocycles. The van der Waals surface area contributed by atoms with E-state index >= 15 is 0 Å². The van der Waals surface area contributed by atoms with Gasteiger partial charge in [-0.1, -0.05) is 59.5 Å². The molecule has 1 saturated heterocycles. The van der Waals surface area contributed by atoms with Crippen LogP contribution in [0.5, 0.6) is 0 Å². The van der Waals surface area contributed by atoms with Crippen molar-refractivity contribution < 1.29 is 9.47 Å². The van der Waals surface area contributed by atoms with Crippen molar-refractivity contribution in [2.24, 2.45) is 0 Å². The maximum atomic E-state index is 13.8. The summed E-state index contributed by atoms with van der Waals surface area (Å²) in [6, 6.07) is 15.8. The lowest BCUT2D eigenvalue weighted by molar-refractivity contribution is -0.0215. The fourth-order valence-electron chi connectivity index (χ4n) is 3.73. The Kier molecular flexibility index (Phi) is 6.00. The summed E-state index contributed by atoms with van der Waals surface area (Å²) in [5.74, 6) is 0.541. The van der Waals surface area contributed by atoms with E-state index in [0.717, 1.165) is 22.5 Å². The number of aromatic nitrogens is 3. The van der Waals surface area contributed by atoms with Crippen LogP contribution >= 0.6 is 35.3 Å². The SMILES string of the molecule is Cc1ccccc1-n1c(SCC2OCCO2)nc2c(sc(=S)n2-c2ccccc2C)c1=O. The van der Waals surface area contributed by atoms with Gasteiger partial charge in [0.1, 0.15) is 4.70 Å². The molecule has 2 aromatic heterocycles. The molecule has 5 rings (SSSR count). The summed E-state index contributed by atoms with van der Waals surface area (Å²) in [5.41, 5.74) is 4.26. The Balaban J connectivity index is 1.75. The summed E-state index contributed by atoms with van der Waals surface area (Å²) in [6.45, 7) is 5.18. The Bertz CT molecular complexity index is 1420. The number of aryl methyl sites for hydroxylation is 2. The zero-order valence-electron chi connectivity index (χ0n) is 17.6. The average molecular weight is 484 g/mol. The number of nitrogens with zero attached hydrogens (tertiary/aromatic N) is 3. The van der Waals surface area contributed by atoms with Crippen LogP contribution in [0.3, 0.4) is 0 Å². The summed E-state index contributed by atoms with van der Waals surface area (Å²) in [4.78, 5) is 18.8. The maximum absolute atomic E-state index is 13.8. The zero-order valence-corrected chi connectivity index (χ0v) is 20.1. The Morgan fingerprint density at radius 2 is 1.62 bits per heavy atom. The molecule has 0 unspecified atom stereocenters. The van der Waals surface area contributed by atoms with Crippen molar-refractivity contribution in [3.63, 3.8) is 0 Å². The molecule has 3 heterocycles. The van der Waals surface area contributed by atoms with Gasteiger partial charge in [-0.25, -0.2) is 4.98 Å². The standard InChI is InChI=1S/C23H21N3O3S3/c1-14-7-3-5-9-16(14)25-20-19(32-23(25)30)21(27)26(17-10-6-4-8-15(17)2)22(24-20)31-13-18-28-11-12-29-18/h3-10,18H,11-13H2,1-2H3. The van der Waals surface area contributed by atoms with E-state index in [2.05, 4.69) is 0 Å².